The maximum absolute atomic E-state index is 14.5. The van der Waals surface area contributed by atoms with Gasteiger partial charge in [-0.05, 0) is 82.9 Å². The minimum absolute atomic E-state index is 0.0196. The predicted molar refractivity (Wildman–Crippen MR) is 233 cm³/mol. The summed E-state index contributed by atoms with van der Waals surface area (Å²) in [6.45, 7) is -1.38. The van der Waals surface area contributed by atoms with Crippen LogP contribution in [0.4, 0.5) is 61.5 Å². The second-order valence-corrected chi connectivity index (χ2v) is 16.6. The zero-order chi connectivity index (χ0) is 52.6. The largest absolute Gasteiger partial charge is 0.451 e. The van der Waals surface area contributed by atoms with Gasteiger partial charge in [-0.3, -0.25) is 25.4 Å². The van der Waals surface area contributed by atoms with Gasteiger partial charge >= 0.3 is 30.7 Å². The van der Waals surface area contributed by atoms with Crippen molar-refractivity contribution in [3.8, 4) is 0 Å². The van der Waals surface area contributed by atoms with E-state index in [1.807, 2.05) is 0 Å². The Kier molecular flexibility index (Phi) is 17.9. The number of esters is 1. The van der Waals surface area contributed by atoms with Crippen molar-refractivity contribution in [2.75, 3.05) is 13.1 Å². The van der Waals surface area contributed by atoms with Crippen LogP contribution in [0.2, 0.25) is 10.0 Å². The molecular formula is C48H38Cl2F14N4O3. The fourth-order valence-electron chi connectivity index (χ4n) is 7.33. The number of alkyl halides is 12. The van der Waals surface area contributed by atoms with Gasteiger partial charge in [0.05, 0.1) is 43.6 Å². The van der Waals surface area contributed by atoms with Crippen LogP contribution in [0.3, 0.4) is 0 Å². The molecule has 4 atom stereocenters. The maximum Gasteiger partial charge on any atom is 0.426 e. The monoisotopic (exact) mass is 1050 g/mol. The first-order valence-corrected chi connectivity index (χ1v) is 21.3. The average molecular weight is 1060 g/mol. The number of aliphatic hydroxyl groups is 1. The van der Waals surface area contributed by atoms with E-state index in [1.54, 1.807) is 60.7 Å². The zero-order valence-electron chi connectivity index (χ0n) is 36.4. The molecule has 2 aromatic heterocycles. The Labute approximate surface area is 405 Å². The Morgan fingerprint density at radius 2 is 0.944 bits per heavy atom. The van der Waals surface area contributed by atoms with Gasteiger partial charge in [-0.25, -0.2) is 8.78 Å². The highest BCUT2D eigenvalue weighted by molar-refractivity contribution is 6.30. The number of hydrogen-bond acceptors (Lipinski definition) is 7. The molecule has 6 rings (SSSR count). The molecule has 0 bridgehead atoms. The maximum atomic E-state index is 14.5. The van der Waals surface area contributed by atoms with Crippen LogP contribution >= 0.6 is 23.2 Å². The lowest BCUT2D eigenvalue weighted by atomic mass is 9.79. The summed E-state index contributed by atoms with van der Waals surface area (Å²) in [6, 6.07) is 25.0. The number of pyridine rings is 2. The minimum atomic E-state index is -5.01. The Morgan fingerprint density at radius 1 is 0.563 bits per heavy atom. The number of carbonyl (C=O) groups excluding carboxylic acids is 1. The first-order chi connectivity index (χ1) is 33.0. The Bertz CT molecular complexity index is 2690. The fraction of sp³-hybridized carbons (Fsp3) is 0.271. The van der Waals surface area contributed by atoms with Crippen molar-refractivity contribution in [3.63, 3.8) is 0 Å². The summed E-state index contributed by atoms with van der Waals surface area (Å²) in [5.74, 6) is -3.72. The predicted octanol–water partition coefficient (Wildman–Crippen LogP) is 12.4. The zero-order valence-corrected chi connectivity index (χ0v) is 37.9. The fourth-order valence-corrected chi connectivity index (χ4v) is 7.55. The van der Waals surface area contributed by atoms with E-state index in [1.165, 1.54) is 30.5 Å². The van der Waals surface area contributed by atoms with E-state index < -0.39 is 89.8 Å². The van der Waals surface area contributed by atoms with Crippen LogP contribution in [0.15, 0.2) is 134 Å². The second kappa shape index (κ2) is 22.7. The molecule has 0 spiro atoms. The Balaban J connectivity index is 0.000000265. The molecule has 380 valence electrons. The van der Waals surface area contributed by atoms with Gasteiger partial charge in [0, 0.05) is 45.2 Å². The summed E-state index contributed by atoms with van der Waals surface area (Å²) in [5.41, 5.74) is -6.23. The average Bonchev–Trinajstić information content (AvgIpc) is 3.28. The van der Waals surface area contributed by atoms with Crippen molar-refractivity contribution in [1.29, 1.82) is 0 Å². The van der Waals surface area contributed by atoms with Crippen LogP contribution < -0.4 is 10.6 Å². The molecule has 0 aliphatic rings. The summed E-state index contributed by atoms with van der Waals surface area (Å²) >= 11 is 11.8. The van der Waals surface area contributed by atoms with Crippen LogP contribution in [-0.2, 0) is 45.8 Å². The van der Waals surface area contributed by atoms with E-state index in [0.717, 1.165) is 25.3 Å². The van der Waals surface area contributed by atoms with Crippen molar-refractivity contribution in [3.05, 3.63) is 200 Å². The third kappa shape index (κ3) is 15.1. The number of carbonyl (C=O) groups is 1. The summed E-state index contributed by atoms with van der Waals surface area (Å²) in [4.78, 5) is 19.6. The lowest BCUT2D eigenvalue weighted by Gasteiger charge is -2.37. The number of aromatic nitrogens is 2. The van der Waals surface area contributed by atoms with Gasteiger partial charge in [0.25, 0.3) is 0 Å². The molecule has 0 amide bonds. The summed E-state index contributed by atoms with van der Waals surface area (Å²) in [6.07, 6.45) is -23.5. The standard InChI is InChI=1S/C25H20ClF7N2O2.C23H18ClF7N2O/c1-15(36)37-22(25(31,32)33)14-35-23(12-16-5-3-2-4-6-16,21-8-7-19(26)13-34-21)17-9-18(24(28,29)30)11-20(27)10-17;24-17-6-7-19(32-12-17)21(11-14-4-2-1-3-5-14,33-13-20(34)23(29,30)31)15-8-16(22(26,27)28)10-18(25)9-15/h2-11,13,22,35H,12,14H2,1H3;1-10,12,20,33-34H,11,13H2/t22?,23-;20?,21-/m00/s1. The van der Waals surface area contributed by atoms with Gasteiger partial charge in [0.2, 0.25) is 6.10 Å². The molecule has 0 aliphatic heterocycles. The Morgan fingerprint density at radius 3 is 1.27 bits per heavy atom. The molecule has 71 heavy (non-hydrogen) atoms. The number of benzene rings is 4. The molecule has 3 N–H and O–H groups in total. The number of halogens is 16. The highest BCUT2D eigenvalue weighted by Gasteiger charge is 2.47. The number of hydrogen-bond donors (Lipinski definition) is 3. The second-order valence-electron chi connectivity index (χ2n) is 15.8. The van der Waals surface area contributed by atoms with E-state index in [9.17, 15) is 71.4 Å². The first kappa shape index (κ1) is 56.0. The van der Waals surface area contributed by atoms with Gasteiger partial charge in [-0.2, -0.15) is 52.7 Å². The van der Waals surface area contributed by atoms with E-state index in [-0.39, 0.29) is 57.5 Å². The van der Waals surface area contributed by atoms with Gasteiger partial charge in [0.15, 0.2) is 6.10 Å². The Hall–Kier alpha value is -5.87. The van der Waals surface area contributed by atoms with Crippen molar-refractivity contribution in [1.82, 2.24) is 20.6 Å². The van der Waals surface area contributed by atoms with E-state index in [2.05, 4.69) is 25.3 Å². The molecule has 0 radical (unpaired) electrons. The number of rotatable bonds is 15. The number of ether oxygens (including phenoxy) is 1. The van der Waals surface area contributed by atoms with Crippen LogP contribution in [-0.4, -0.2) is 58.7 Å². The molecule has 23 heteroatoms. The molecule has 7 nitrogen and oxygen atoms in total. The highest BCUT2D eigenvalue weighted by Crippen LogP contribution is 2.40. The van der Waals surface area contributed by atoms with Crippen LogP contribution in [0.5, 0.6) is 0 Å². The quantitative estimate of drug-likeness (QED) is 0.0696. The van der Waals surface area contributed by atoms with Gasteiger partial charge in [0.1, 0.15) is 11.6 Å². The molecule has 2 heterocycles. The molecule has 2 unspecified atom stereocenters. The molecular weight excluding hydrogens is 1020 g/mol. The van der Waals surface area contributed by atoms with Crippen molar-refractivity contribution < 1.29 is 76.1 Å². The van der Waals surface area contributed by atoms with E-state index in [0.29, 0.717) is 23.3 Å². The lowest BCUT2D eigenvalue weighted by Crippen LogP contribution is -2.52. The lowest BCUT2D eigenvalue weighted by molar-refractivity contribution is -0.219. The van der Waals surface area contributed by atoms with Gasteiger partial charge in [-0.15, -0.1) is 0 Å². The topological polar surface area (TPSA) is 96.4 Å². The molecule has 0 fully saturated rings. The normalized spacial score (nSPS) is 14.8. The number of nitrogens with zero attached hydrogens (tertiary/aromatic N) is 2. The number of nitrogens with one attached hydrogen (secondary N) is 2. The smallest absolute Gasteiger partial charge is 0.426 e. The summed E-state index contributed by atoms with van der Waals surface area (Å²) < 4.78 is 195. The van der Waals surface area contributed by atoms with Gasteiger partial charge in [-0.1, -0.05) is 83.9 Å². The van der Waals surface area contributed by atoms with Crippen LogP contribution in [0.25, 0.3) is 0 Å². The van der Waals surface area contributed by atoms with Crippen LogP contribution in [0.1, 0.15) is 51.7 Å². The summed E-state index contributed by atoms with van der Waals surface area (Å²) in [5, 5.41) is 15.1. The first-order valence-electron chi connectivity index (χ1n) is 20.6. The van der Waals surface area contributed by atoms with Crippen molar-refractivity contribution in [2.45, 2.75) is 67.8 Å². The minimum Gasteiger partial charge on any atom is -0.451 e. The molecule has 4 aromatic carbocycles. The third-order valence-corrected chi connectivity index (χ3v) is 11.1. The molecule has 0 aliphatic carbocycles. The van der Waals surface area contributed by atoms with Gasteiger partial charge < -0.3 is 9.84 Å². The third-order valence-electron chi connectivity index (χ3n) is 10.6. The molecule has 0 saturated carbocycles. The molecule has 6 aromatic rings. The summed E-state index contributed by atoms with van der Waals surface area (Å²) in [7, 11) is 0. The van der Waals surface area contributed by atoms with Crippen molar-refractivity contribution in [2.24, 2.45) is 0 Å². The number of aliphatic hydroxyl groups excluding tert-OH is 1. The van der Waals surface area contributed by atoms with E-state index >= 15 is 0 Å². The van der Waals surface area contributed by atoms with E-state index in [4.69, 9.17) is 23.2 Å². The SMILES string of the molecule is CC(=O)OC(CN[C@@](Cc1ccccc1)(c1cc(F)cc(C(F)(F)F)c1)c1ccc(Cl)cn1)C(F)(F)F.OC(CN[C@@](Cc1ccccc1)(c1cc(F)cc(C(F)(F)F)c1)c1ccc(Cl)cn1)C(F)(F)F. The van der Waals surface area contributed by atoms with Crippen LogP contribution in [0, 0.1) is 11.6 Å². The molecule has 0 saturated heterocycles. The highest BCUT2D eigenvalue weighted by atomic mass is 35.5. The van der Waals surface area contributed by atoms with Crippen molar-refractivity contribution >= 4 is 29.2 Å².